The van der Waals surface area contributed by atoms with Crippen LogP contribution in [-0.4, -0.2) is 8.42 Å². The third-order valence-corrected chi connectivity index (χ3v) is 5.47. The van der Waals surface area contributed by atoms with Crippen molar-refractivity contribution in [3.8, 4) is 0 Å². The van der Waals surface area contributed by atoms with Crippen LogP contribution in [0, 0.1) is 20.8 Å². The second kappa shape index (κ2) is 5.45. The Morgan fingerprint density at radius 3 is 2.32 bits per heavy atom. The predicted molar refractivity (Wildman–Crippen MR) is 79.0 cm³/mol. The van der Waals surface area contributed by atoms with Gasteiger partial charge in [-0.15, -0.1) is 11.3 Å². The molecule has 102 valence electrons. The molecule has 0 saturated carbocycles. The van der Waals surface area contributed by atoms with Crippen molar-refractivity contribution in [2.45, 2.75) is 32.2 Å². The predicted octanol–water partition coefficient (Wildman–Crippen LogP) is 3.15. The first kappa shape index (κ1) is 14.2. The molecule has 5 heteroatoms. The van der Waals surface area contributed by atoms with Crippen molar-refractivity contribution >= 4 is 21.4 Å². The first-order chi connectivity index (χ1) is 8.90. The first-order valence-corrected chi connectivity index (χ1v) is 8.36. The van der Waals surface area contributed by atoms with Crippen LogP contribution in [0.1, 0.15) is 21.6 Å². The summed E-state index contributed by atoms with van der Waals surface area (Å²) in [6.07, 6.45) is 0. The average molecular weight is 295 g/mol. The third-order valence-electron chi connectivity index (χ3n) is 2.89. The van der Waals surface area contributed by atoms with Crippen LogP contribution >= 0.6 is 11.3 Å². The van der Waals surface area contributed by atoms with Crippen LogP contribution in [0.25, 0.3) is 0 Å². The van der Waals surface area contributed by atoms with E-state index in [1.54, 1.807) is 11.3 Å². The molecule has 0 radical (unpaired) electrons. The summed E-state index contributed by atoms with van der Waals surface area (Å²) in [5.74, 6) is 0. The van der Waals surface area contributed by atoms with E-state index in [0.29, 0.717) is 11.4 Å². The second-order valence-corrected chi connectivity index (χ2v) is 7.37. The Balaban J connectivity index is 2.29. The minimum absolute atomic E-state index is 0.340. The number of aryl methyl sites for hydroxylation is 3. The smallest absolute Gasteiger partial charge is 0.207 e. The fraction of sp³-hybridized carbons (Fsp3) is 0.286. The van der Waals surface area contributed by atoms with E-state index in [4.69, 9.17) is 0 Å². The zero-order valence-corrected chi connectivity index (χ0v) is 12.9. The molecule has 3 nitrogen and oxygen atoms in total. The molecule has 0 unspecified atom stereocenters. The molecular weight excluding hydrogens is 278 g/mol. The topological polar surface area (TPSA) is 46.2 Å². The van der Waals surface area contributed by atoms with Crippen molar-refractivity contribution in [1.29, 1.82) is 0 Å². The Morgan fingerprint density at radius 2 is 1.79 bits per heavy atom. The number of sulfonamides is 1. The number of thiophene rings is 1. The number of rotatable bonds is 4. The van der Waals surface area contributed by atoms with E-state index >= 15 is 0 Å². The highest BCUT2D eigenvalue weighted by Gasteiger charge is 2.19. The molecule has 2 rings (SSSR count). The van der Waals surface area contributed by atoms with Gasteiger partial charge in [-0.05, 0) is 43.3 Å². The largest absolute Gasteiger partial charge is 0.241 e. The molecule has 19 heavy (non-hydrogen) atoms. The first-order valence-electron chi connectivity index (χ1n) is 6.00. The van der Waals surface area contributed by atoms with Crippen molar-refractivity contribution in [3.63, 3.8) is 0 Å². The van der Waals surface area contributed by atoms with Crippen LogP contribution in [0.4, 0.5) is 0 Å². The van der Waals surface area contributed by atoms with Crippen molar-refractivity contribution < 1.29 is 8.42 Å². The summed E-state index contributed by atoms with van der Waals surface area (Å²) in [5, 5.41) is 1.94. The molecule has 1 heterocycles. The minimum atomic E-state index is -3.46. The van der Waals surface area contributed by atoms with Gasteiger partial charge in [0.05, 0.1) is 4.90 Å². The maximum atomic E-state index is 12.4. The number of benzene rings is 1. The maximum absolute atomic E-state index is 12.4. The molecule has 0 fully saturated rings. The Bertz CT molecular complexity index is 650. The number of hydrogen-bond donors (Lipinski definition) is 1. The zero-order chi connectivity index (χ0) is 14.0. The molecule has 0 saturated heterocycles. The molecule has 1 N–H and O–H groups in total. The molecule has 0 aliphatic carbocycles. The quantitative estimate of drug-likeness (QED) is 0.942. The third kappa shape index (κ3) is 3.23. The van der Waals surface area contributed by atoms with Gasteiger partial charge >= 0.3 is 0 Å². The number of nitrogens with one attached hydrogen (secondary N) is 1. The van der Waals surface area contributed by atoms with Gasteiger partial charge in [0.1, 0.15) is 0 Å². The lowest BCUT2D eigenvalue weighted by Gasteiger charge is -2.12. The fourth-order valence-electron chi connectivity index (χ4n) is 2.24. The molecule has 0 aliphatic heterocycles. The standard InChI is InChI=1S/C14H17NO2S2/c1-10-7-11(2)14(12(3)8-10)19(16,17)15-9-13-5-4-6-18-13/h4-8,15H,9H2,1-3H3. The second-order valence-electron chi connectivity index (χ2n) is 4.63. The summed E-state index contributed by atoms with van der Waals surface area (Å²) < 4.78 is 27.4. The van der Waals surface area contributed by atoms with Crippen LogP contribution in [-0.2, 0) is 16.6 Å². The van der Waals surface area contributed by atoms with Gasteiger partial charge in [0, 0.05) is 11.4 Å². The Hall–Kier alpha value is -1.17. The van der Waals surface area contributed by atoms with E-state index in [2.05, 4.69) is 4.72 Å². The highest BCUT2D eigenvalue weighted by atomic mass is 32.2. The van der Waals surface area contributed by atoms with E-state index < -0.39 is 10.0 Å². The van der Waals surface area contributed by atoms with Crippen molar-refractivity contribution in [1.82, 2.24) is 4.72 Å². The Morgan fingerprint density at radius 1 is 1.16 bits per heavy atom. The van der Waals surface area contributed by atoms with Crippen LogP contribution < -0.4 is 4.72 Å². The van der Waals surface area contributed by atoms with Gasteiger partial charge in [0.15, 0.2) is 0 Å². The van der Waals surface area contributed by atoms with Gasteiger partial charge in [-0.25, -0.2) is 13.1 Å². The summed E-state index contributed by atoms with van der Waals surface area (Å²) in [5.41, 5.74) is 2.65. The molecule has 0 aliphatic rings. The highest BCUT2D eigenvalue weighted by Crippen LogP contribution is 2.22. The van der Waals surface area contributed by atoms with E-state index in [1.807, 2.05) is 50.4 Å². The van der Waals surface area contributed by atoms with Crippen molar-refractivity contribution in [2.24, 2.45) is 0 Å². The van der Waals surface area contributed by atoms with Gasteiger partial charge in [0.2, 0.25) is 10.0 Å². The molecule has 0 amide bonds. The lowest BCUT2D eigenvalue weighted by Crippen LogP contribution is -2.24. The molecule has 1 aromatic carbocycles. The van der Waals surface area contributed by atoms with E-state index in [-0.39, 0.29) is 0 Å². The Labute approximate surface area is 118 Å². The molecule has 0 spiro atoms. The Kier molecular flexibility index (Phi) is 4.08. The monoisotopic (exact) mass is 295 g/mol. The minimum Gasteiger partial charge on any atom is -0.207 e. The summed E-state index contributed by atoms with van der Waals surface area (Å²) in [4.78, 5) is 1.40. The van der Waals surface area contributed by atoms with Crippen LogP contribution in [0.5, 0.6) is 0 Å². The van der Waals surface area contributed by atoms with Crippen molar-refractivity contribution in [2.75, 3.05) is 0 Å². The normalized spacial score (nSPS) is 11.7. The average Bonchev–Trinajstić information content (AvgIpc) is 2.77. The van der Waals surface area contributed by atoms with E-state index in [1.165, 1.54) is 0 Å². The SMILES string of the molecule is Cc1cc(C)c(S(=O)(=O)NCc2cccs2)c(C)c1. The van der Waals surface area contributed by atoms with Gasteiger partial charge in [0.25, 0.3) is 0 Å². The maximum Gasteiger partial charge on any atom is 0.241 e. The summed E-state index contributed by atoms with van der Waals surface area (Å²) in [6.45, 7) is 5.97. The molecule has 2 aromatic rings. The van der Waals surface area contributed by atoms with Crippen LogP contribution in [0.3, 0.4) is 0 Å². The molecule has 0 atom stereocenters. The summed E-state index contributed by atoms with van der Waals surface area (Å²) >= 11 is 1.54. The molecule has 1 aromatic heterocycles. The van der Waals surface area contributed by atoms with Gasteiger partial charge in [-0.2, -0.15) is 0 Å². The molecule has 0 bridgehead atoms. The van der Waals surface area contributed by atoms with E-state index in [0.717, 1.165) is 21.6 Å². The van der Waals surface area contributed by atoms with Gasteiger partial charge in [-0.3, -0.25) is 0 Å². The number of hydrogen-bond acceptors (Lipinski definition) is 3. The lowest BCUT2D eigenvalue weighted by molar-refractivity contribution is 0.580. The van der Waals surface area contributed by atoms with E-state index in [9.17, 15) is 8.42 Å². The van der Waals surface area contributed by atoms with Gasteiger partial charge in [-0.1, -0.05) is 23.8 Å². The summed E-state index contributed by atoms with van der Waals surface area (Å²) in [7, 11) is -3.46. The fourth-order valence-corrected chi connectivity index (χ4v) is 4.43. The summed E-state index contributed by atoms with van der Waals surface area (Å²) in [6, 6.07) is 7.62. The highest BCUT2D eigenvalue weighted by molar-refractivity contribution is 7.89. The lowest BCUT2D eigenvalue weighted by atomic mass is 10.1. The van der Waals surface area contributed by atoms with Crippen molar-refractivity contribution in [3.05, 3.63) is 51.2 Å². The van der Waals surface area contributed by atoms with Crippen LogP contribution in [0.2, 0.25) is 0 Å². The zero-order valence-electron chi connectivity index (χ0n) is 11.2. The molecular formula is C14H17NO2S2. The van der Waals surface area contributed by atoms with Crippen LogP contribution in [0.15, 0.2) is 34.5 Å². The van der Waals surface area contributed by atoms with Gasteiger partial charge < -0.3 is 0 Å².